The second-order valence-corrected chi connectivity index (χ2v) is 7.58. The summed E-state index contributed by atoms with van der Waals surface area (Å²) in [5.41, 5.74) is 2.28. The van der Waals surface area contributed by atoms with Crippen LogP contribution in [0.25, 0.3) is 0 Å². The molecule has 3 rings (SSSR count). The molecule has 6 nitrogen and oxygen atoms in total. The predicted molar refractivity (Wildman–Crippen MR) is 88.4 cm³/mol. The van der Waals surface area contributed by atoms with E-state index in [-0.39, 0.29) is 10.5 Å². The molecule has 0 aliphatic heterocycles. The van der Waals surface area contributed by atoms with Gasteiger partial charge in [-0.2, -0.15) is 0 Å². The highest BCUT2D eigenvalue weighted by Gasteiger charge is 2.27. The van der Waals surface area contributed by atoms with Crippen LogP contribution in [-0.4, -0.2) is 24.5 Å². The quantitative estimate of drug-likeness (QED) is 0.866. The Morgan fingerprint density at radius 2 is 2.12 bits per heavy atom. The molecule has 7 heteroatoms. The minimum atomic E-state index is -3.83. The minimum absolute atomic E-state index is 0.00468. The summed E-state index contributed by atoms with van der Waals surface area (Å²) in [4.78, 5) is 15.4. The fraction of sp³-hybridized carbons (Fsp3) is 0.294. The van der Waals surface area contributed by atoms with Gasteiger partial charge < -0.3 is 5.11 Å². The Morgan fingerprint density at radius 3 is 2.79 bits per heavy atom. The van der Waals surface area contributed by atoms with E-state index >= 15 is 0 Å². The molecule has 0 radical (unpaired) electrons. The van der Waals surface area contributed by atoms with E-state index in [1.807, 2.05) is 0 Å². The molecular formula is C17H18N2O4S. The first-order valence-corrected chi connectivity index (χ1v) is 9.18. The zero-order chi connectivity index (χ0) is 17.3. The van der Waals surface area contributed by atoms with Crippen molar-refractivity contribution < 1.29 is 18.3 Å². The summed E-state index contributed by atoms with van der Waals surface area (Å²) in [5.74, 6) is -1.12. The van der Waals surface area contributed by atoms with E-state index in [2.05, 4.69) is 9.71 Å². The predicted octanol–water partition coefficient (Wildman–Crippen LogP) is 2.31. The van der Waals surface area contributed by atoms with Crippen molar-refractivity contribution in [2.75, 3.05) is 0 Å². The van der Waals surface area contributed by atoms with E-state index in [1.54, 1.807) is 37.5 Å². The van der Waals surface area contributed by atoms with Crippen LogP contribution in [0.2, 0.25) is 0 Å². The maximum absolute atomic E-state index is 12.8. The van der Waals surface area contributed by atoms with Crippen molar-refractivity contribution in [1.82, 2.24) is 9.71 Å². The molecule has 0 saturated carbocycles. The van der Waals surface area contributed by atoms with Gasteiger partial charge in [-0.25, -0.2) is 17.9 Å². The first-order chi connectivity index (χ1) is 11.4. The maximum Gasteiger partial charge on any atom is 0.335 e. The van der Waals surface area contributed by atoms with Gasteiger partial charge in [0.2, 0.25) is 10.0 Å². The first-order valence-electron chi connectivity index (χ1n) is 7.70. The number of nitrogens with one attached hydrogen (secondary N) is 1. The van der Waals surface area contributed by atoms with Gasteiger partial charge in [0.05, 0.1) is 10.5 Å². The van der Waals surface area contributed by atoms with E-state index in [1.165, 1.54) is 6.07 Å². The number of pyridine rings is 1. The van der Waals surface area contributed by atoms with E-state index in [0.717, 1.165) is 23.1 Å². The summed E-state index contributed by atoms with van der Waals surface area (Å²) in [6.45, 7) is 1.73. The smallest absolute Gasteiger partial charge is 0.335 e. The van der Waals surface area contributed by atoms with Gasteiger partial charge in [0.15, 0.2) is 0 Å². The summed E-state index contributed by atoms with van der Waals surface area (Å²) in [5, 5.41) is 9.24. The van der Waals surface area contributed by atoms with Crippen LogP contribution in [-0.2, 0) is 22.9 Å². The third kappa shape index (κ3) is 3.18. The number of rotatable bonds is 5. The van der Waals surface area contributed by atoms with E-state index in [9.17, 15) is 18.3 Å². The topological polar surface area (TPSA) is 96.4 Å². The molecule has 126 valence electrons. The molecule has 2 aromatic rings. The molecule has 0 fully saturated rings. The number of fused-ring (bicyclic) bond motifs is 1. The van der Waals surface area contributed by atoms with Crippen LogP contribution in [0.3, 0.4) is 0 Å². The number of hydrogen-bond donors (Lipinski definition) is 2. The summed E-state index contributed by atoms with van der Waals surface area (Å²) in [7, 11) is -3.83. The van der Waals surface area contributed by atoms with Crippen molar-refractivity contribution in [2.45, 2.75) is 37.1 Å². The Kier molecular flexibility index (Phi) is 4.38. The number of hydrogen-bond acceptors (Lipinski definition) is 4. The molecule has 1 aliphatic carbocycles. The van der Waals surface area contributed by atoms with Gasteiger partial charge in [-0.1, -0.05) is 6.07 Å². The fourth-order valence-electron chi connectivity index (χ4n) is 3.03. The van der Waals surface area contributed by atoms with Crippen molar-refractivity contribution in [3.63, 3.8) is 0 Å². The molecule has 0 spiro atoms. The zero-order valence-electron chi connectivity index (χ0n) is 13.2. The summed E-state index contributed by atoms with van der Waals surface area (Å²) < 4.78 is 28.3. The molecule has 0 saturated heterocycles. The summed E-state index contributed by atoms with van der Waals surface area (Å²) in [6.07, 6.45) is 5.40. The largest absolute Gasteiger partial charge is 0.478 e. The van der Waals surface area contributed by atoms with Gasteiger partial charge >= 0.3 is 5.97 Å². The highest BCUT2D eigenvalue weighted by molar-refractivity contribution is 7.89. The van der Waals surface area contributed by atoms with Crippen LogP contribution in [0.4, 0.5) is 0 Å². The van der Waals surface area contributed by atoms with Crippen molar-refractivity contribution in [1.29, 1.82) is 0 Å². The number of aromatic nitrogens is 1. The number of carboxylic acid groups (broad SMARTS) is 1. The Bertz CT molecular complexity index is 879. The number of carboxylic acids is 1. The number of benzene rings is 1. The number of carbonyl (C=O) groups is 1. The van der Waals surface area contributed by atoms with Crippen LogP contribution in [0.1, 0.15) is 46.4 Å². The SMILES string of the molecule is CC(NS(=O)(=O)c1cc(C(=O)O)cc2c1CCC2)c1cccnc1. The molecule has 1 aromatic carbocycles. The van der Waals surface area contributed by atoms with Crippen LogP contribution < -0.4 is 4.72 Å². The molecule has 0 bridgehead atoms. The van der Waals surface area contributed by atoms with Crippen LogP contribution >= 0.6 is 0 Å². The number of nitrogens with zero attached hydrogens (tertiary/aromatic N) is 1. The molecule has 1 unspecified atom stereocenters. The maximum atomic E-state index is 12.8. The number of aromatic carboxylic acids is 1. The first kappa shape index (κ1) is 16.6. The van der Waals surface area contributed by atoms with Gasteiger partial charge in [-0.05, 0) is 61.1 Å². The van der Waals surface area contributed by atoms with E-state index in [4.69, 9.17) is 0 Å². The Labute approximate surface area is 140 Å². The van der Waals surface area contributed by atoms with Crippen molar-refractivity contribution in [3.05, 3.63) is 58.9 Å². The van der Waals surface area contributed by atoms with Crippen LogP contribution in [0, 0.1) is 0 Å². The molecule has 1 atom stereocenters. The number of aryl methyl sites for hydroxylation is 1. The molecule has 24 heavy (non-hydrogen) atoms. The highest BCUT2D eigenvalue weighted by Crippen LogP contribution is 2.30. The molecule has 1 aliphatic rings. The lowest BCUT2D eigenvalue weighted by molar-refractivity contribution is 0.0696. The lowest BCUT2D eigenvalue weighted by atomic mass is 10.1. The Balaban J connectivity index is 1.99. The third-order valence-electron chi connectivity index (χ3n) is 4.23. The number of sulfonamides is 1. The standard InChI is InChI=1S/C17H18N2O4S/c1-11(13-5-3-7-18-10-13)19-24(22,23)16-9-14(17(20)21)8-12-4-2-6-15(12)16/h3,5,7-11,19H,2,4,6H2,1H3,(H,20,21). The van der Waals surface area contributed by atoms with Crippen molar-refractivity contribution in [3.8, 4) is 0 Å². The van der Waals surface area contributed by atoms with Gasteiger partial charge in [0, 0.05) is 18.4 Å². The van der Waals surface area contributed by atoms with Crippen molar-refractivity contribution >= 4 is 16.0 Å². The average Bonchev–Trinajstić information content (AvgIpc) is 3.02. The second-order valence-electron chi connectivity index (χ2n) is 5.90. The molecule has 0 amide bonds. The molecule has 1 heterocycles. The molecular weight excluding hydrogens is 328 g/mol. The Hall–Kier alpha value is -2.25. The van der Waals surface area contributed by atoms with Gasteiger partial charge in [-0.3, -0.25) is 4.98 Å². The lowest BCUT2D eigenvalue weighted by Gasteiger charge is -2.17. The lowest BCUT2D eigenvalue weighted by Crippen LogP contribution is -2.28. The second kappa shape index (κ2) is 6.33. The summed E-state index contributed by atoms with van der Waals surface area (Å²) in [6, 6.07) is 5.90. The van der Waals surface area contributed by atoms with Crippen LogP contribution in [0.5, 0.6) is 0 Å². The Morgan fingerprint density at radius 1 is 1.33 bits per heavy atom. The van der Waals surface area contributed by atoms with Crippen molar-refractivity contribution in [2.24, 2.45) is 0 Å². The van der Waals surface area contributed by atoms with Gasteiger partial charge in [0.25, 0.3) is 0 Å². The molecule has 1 aromatic heterocycles. The average molecular weight is 346 g/mol. The van der Waals surface area contributed by atoms with Crippen LogP contribution in [0.15, 0.2) is 41.6 Å². The third-order valence-corrected chi connectivity index (χ3v) is 5.83. The van der Waals surface area contributed by atoms with Gasteiger partial charge in [0.1, 0.15) is 0 Å². The molecule has 2 N–H and O–H groups in total. The normalized spacial score (nSPS) is 15.0. The monoisotopic (exact) mass is 346 g/mol. The minimum Gasteiger partial charge on any atom is -0.478 e. The van der Waals surface area contributed by atoms with Gasteiger partial charge in [-0.15, -0.1) is 0 Å². The summed E-state index contributed by atoms with van der Waals surface area (Å²) >= 11 is 0. The van der Waals surface area contributed by atoms with E-state index < -0.39 is 22.0 Å². The van der Waals surface area contributed by atoms with E-state index in [0.29, 0.717) is 12.8 Å². The highest BCUT2D eigenvalue weighted by atomic mass is 32.2. The zero-order valence-corrected chi connectivity index (χ0v) is 14.0. The fourth-order valence-corrected chi connectivity index (χ4v) is 4.59.